The molecule has 0 saturated carbocycles. The summed E-state index contributed by atoms with van der Waals surface area (Å²) < 4.78 is 5.39. The van der Waals surface area contributed by atoms with E-state index >= 15 is 0 Å². The van der Waals surface area contributed by atoms with Gasteiger partial charge in [0.25, 0.3) is 0 Å². The van der Waals surface area contributed by atoms with Crippen LogP contribution >= 0.6 is 0 Å². The molecule has 0 heterocycles. The Hall–Kier alpha value is -0.610. The lowest BCUT2D eigenvalue weighted by molar-refractivity contribution is -0.129. The predicted molar refractivity (Wildman–Crippen MR) is 66.4 cm³/mol. The highest BCUT2D eigenvalue weighted by Gasteiger charge is 2.15. The largest absolute Gasteiger partial charge is 0.380 e. The summed E-state index contributed by atoms with van der Waals surface area (Å²) in [6.07, 6.45) is 0. The fourth-order valence-corrected chi connectivity index (χ4v) is 1.26. The number of likely N-dealkylation sites (N-methyl/N-ethyl adjacent to an activating group) is 1. The van der Waals surface area contributed by atoms with Gasteiger partial charge in [0.1, 0.15) is 0 Å². The molecule has 0 aliphatic heterocycles. The van der Waals surface area contributed by atoms with E-state index in [4.69, 9.17) is 4.74 Å². The van der Waals surface area contributed by atoms with Crippen LogP contribution in [0.4, 0.5) is 0 Å². The van der Waals surface area contributed by atoms with Crippen LogP contribution in [-0.2, 0) is 9.53 Å². The first-order chi connectivity index (χ1) is 7.52. The van der Waals surface area contributed by atoms with Gasteiger partial charge >= 0.3 is 0 Å². The second kappa shape index (κ2) is 8.53. The van der Waals surface area contributed by atoms with E-state index in [9.17, 15) is 4.79 Å². The van der Waals surface area contributed by atoms with E-state index in [1.165, 1.54) is 0 Å². The molecule has 1 unspecified atom stereocenters. The van der Waals surface area contributed by atoms with Crippen molar-refractivity contribution in [1.29, 1.82) is 0 Å². The number of nitrogens with zero attached hydrogens (tertiary/aromatic N) is 1. The molecule has 0 aromatic carbocycles. The number of carbonyl (C=O) groups is 1. The first-order valence-electron chi connectivity index (χ1n) is 6.07. The van der Waals surface area contributed by atoms with Gasteiger partial charge in [-0.05, 0) is 19.8 Å². The third-order valence-electron chi connectivity index (χ3n) is 2.72. The number of ether oxygens (including phenoxy) is 1. The maximum Gasteiger partial charge on any atom is 0.236 e. The topological polar surface area (TPSA) is 41.6 Å². The molecule has 1 atom stereocenters. The van der Waals surface area contributed by atoms with Crippen LogP contribution in [0.5, 0.6) is 0 Å². The Bertz CT molecular complexity index is 195. The molecule has 1 N–H and O–H groups in total. The summed E-state index contributed by atoms with van der Waals surface area (Å²) >= 11 is 0. The molecule has 0 fully saturated rings. The van der Waals surface area contributed by atoms with Crippen molar-refractivity contribution >= 4 is 5.91 Å². The minimum absolute atomic E-state index is 0.129. The molecule has 0 spiro atoms. The minimum Gasteiger partial charge on any atom is -0.380 e. The summed E-state index contributed by atoms with van der Waals surface area (Å²) in [5.74, 6) is 0.593. The third-order valence-corrected chi connectivity index (χ3v) is 2.72. The Morgan fingerprint density at radius 3 is 2.44 bits per heavy atom. The van der Waals surface area contributed by atoms with Gasteiger partial charge in [-0.3, -0.25) is 4.79 Å². The van der Waals surface area contributed by atoms with Crippen LogP contribution in [0.15, 0.2) is 0 Å². The van der Waals surface area contributed by atoms with Crippen molar-refractivity contribution < 1.29 is 9.53 Å². The zero-order valence-electron chi connectivity index (χ0n) is 11.2. The minimum atomic E-state index is 0.129. The Morgan fingerprint density at radius 2 is 2.00 bits per heavy atom. The van der Waals surface area contributed by atoms with Crippen molar-refractivity contribution in [3.63, 3.8) is 0 Å². The number of rotatable bonds is 8. The Kier molecular flexibility index (Phi) is 8.21. The molecule has 4 heteroatoms. The lowest BCUT2D eigenvalue weighted by Gasteiger charge is -2.23. The van der Waals surface area contributed by atoms with E-state index in [1.807, 2.05) is 20.9 Å². The fraction of sp³-hybridized carbons (Fsp3) is 0.917. The van der Waals surface area contributed by atoms with E-state index in [-0.39, 0.29) is 11.9 Å². The van der Waals surface area contributed by atoms with E-state index in [0.29, 0.717) is 25.7 Å². The monoisotopic (exact) mass is 230 g/mol. The molecule has 0 aliphatic carbocycles. The highest BCUT2D eigenvalue weighted by molar-refractivity contribution is 5.77. The summed E-state index contributed by atoms with van der Waals surface area (Å²) in [5, 5.41) is 3.25. The lowest BCUT2D eigenvalue weighted by atomic mass is 10.1. The zero-order valence-corrected chi connectivity index (χ0v) is 11.2. The number of hydrogen-bond acceptors (Lipinski definition) is 3. The van der Waals surface area contributed by atoms with Gasteiger partial charge in [-0.25, -0.2) is 0 Å². The second-order valence-electron chi connectivity index (χ2n) is 4.30. The summed E-state index contributed by atoms with van der Waals surface area (Å²) in [7, 11) is 1.82. The zero-order chi connectivity index (χ0) is 12.6. The molecular weight excluding hydrogens is 204 g/mol. The van der Waals surface area contributed by atoms with E-state index in [0.717, 1.165) is 6.54 Å². The average Bonchev–Trinajstić information content (AvgIpc) is 2.27. The van der Waals surface area contributed by atoms with Gasteiger partial charge in [-0.15, -0.1) is 0 Å². The molecule has 0 radical (unpaired) electrons. The second-order valence-corrected chi connectivity index (χ2v) is 4.30. The van der Waals surface area contributed by atoms with Crippen LogP contribution in [-0.4, -0.2) is 50.2 Å². The van der Waals surface area contributed by atoms with Crippen molar-refractivity contribution in [3.05, 3.63) is 0 Å². The first-order valence-corrected chi connectivity index (χ1v) is 6.07. The highest BCUT2D eigenvalue weighted by atomic mass is 16.5. The summed E-state index contributed by atoms with van der Waals surface area (Å²) in [5.41, 5.74) is 0. The summed E-state index contributed by atoms with van der Waals surface area (Å²) in [4.78, 5) is 13.3. The van der Waals surface area contributed by atoms with Crippen molar-refractivity contribution in [2.24, 2.45) is 5.92 Å². The van der Waals surface area contributed by atoms with Crippen molar-refractivity contribution in [3.8, 4) is 0 Å². The Morgan fingerprint density at radius 1 is 1.38 bits per heavy atom. The molecular formula is C12H26N2O2. The maximum atomic E-state index is 11.6. The Balaban J connectivity index is 3.96. The smallest absolute Gasteiger partial charge is 0.236 e. The molecule has 4 nitrogen and oxygen atoms in total. The van der Waals surface area contributed by atoms with Gasteiger partial charge in [-0.2, -0.15) is 0 Å². The van der Waals surface area contributed by atoms with Gasteiger partial charge in [0.2, 0.25) is 5.91 Å². The molecule has 0 saturated heterocycles. The van der Waals surface area contributed by atoms with Gasteiger partial charge in [0, 0.05) is 26.2 Å². The molecule has 0 aromatic rings. The van der Waals surface area contributed by atoms with Crippen LogP contribution in [0.3, 0.4) is 0 Å². The number of carbonyl (C=O) groups excluding carboxylic acids is 1. The Labute approximate surface area is 99.3 Å². The van der Waals surface area contributed by atoms with Crippen LogP contribution in [0, 0.1) is 5.92 Å². The SMILES string of the molecule is CCOCC(NCC(=O)N(C)CC)C(C)C. The van der Waals surface area contributed by atoms with E-state index < -0.39 is 0 Å². The van der Waals surface area contributed by atoms with Crippen molar-refractivity contribution in [1.82, 2.24) is 10.2 Å². The van der Waals surface area contributed by atoms with E-state index in [2.05, 4.69) is 19.2 Å². The van der Waals surface area contributed by atoms with Gasteiger partial charge in [0.05, 0.1) is 13.2 Å². The number of amides is 1. The standard InChI is InChI=1S/C12H26N2O2/c1-6-14(5)12(15)8-13-11(10(3)4)9-16-7-2/h10-11,13H,6-9H2,1-5H3. The normalized spacial score (nSPS) is 12.9. The maximum absolute atomic E-state index is 11.6. The quantitative estimate of drug-likeness (QED) is 0.679. The van der Waals surface area contributed by atoms with Gasteiger partial charge < -0.3 is 15.0 Å². The van der Waals surface area contributed by atoms with Crippen molar-refractivity contribution in [2.45, 2.75) is 33.7 Å². The molecule has 96 valence electrons. The molecule has 0 aromatic heterocycles. The fourth-order valence-electron chi connectivity index (χ4n) is 1.26. The molecule has 16 heavy (non-hydrogen) atoms. The predicted octanol–water partition coefficient (Wildman–Crippen LogP) is 1.12. The average molecular weight is 230 g/mol. The van der Waals surface area contributed by atoms with Crippen LogP contribution in [0.25, 0.3) is 0 Å². The molecule has 0 aliphatic rings. The van der Waals surface area contributed by atoms with Crippen molar-refractivity contribution in [2.75, 3.05) is 33.4 Å². The molecule has 0 rings (SSSR count). The summed E-state index contributed by atoms with van der Waals surface area (Å²) in [6.45, 7) is 10.7. The molecule has 0 bridgehead atoms. The third kappa shape index (κ3) is 6.08. The first kappa shape index (κ1) is 15.4. The van der Waals surface area contributed by atoms with E-state index in [1.54, 1.807) is 4.90 Å². The molecule has 1 amide bonds. The van der Waals surface area contributed by atoms with Crippen LogP contribution < -0.4 is 5.32 Å². The highest BCUT2D eigenvalue weighted by Crippen LogP contribution is 2.02. The summed E-state index contributed by atoms with van der Waals surface area (Å²) in [6, 6.07) is 0.245. The lowest BCUT2D eigenvalue weighted by Crippen LogP contribution is -2.44. The van der Waals surface area contributed by atoms with Crippen LogP contribution in [0.2, 0.25) is 0 Å². The van der Waals surface area contributed by atoms with Crippen LogP contribution in [0.1, 0.15) is 27.7 Å². The number of nitrogens with one attached hydrogen (secondary N) is 1. The van der Waals surface area contributed by atoms with Gasteiger partial charge in [0.15, 0.2) is 0 Å². The van der Waals surface area contributed by atoms with Gasteiger partial charge in [-0.1, -0.05) is 13.8 Å². The number of hydrogen-bond donors (Lipinski definition) is 1.